The average molecular weight is 656 g/mol. The molecule has 3 heterocycles. The molecule has 0 amide bonds. The molecule has 11 rings (SSSR count). The summed E-state index contributed by atoms with van der Waals surface area (Å²) in [6, 6.07) is 53.3. The Labute approximate surface area is 289 Å². The van der Waals surface area contributed by atoms with Gasteiger partial charge in [-0.15, -0.1) is 11.3 Å². The summed E-state index contributed by atoms with van der Waals surface area (Å²) in [5.41, 5.74) is 4.37. The van der Waals surface area contributed by atoms with Crippen molar-refractivity contribution in [3.63, 3.8) is 0 Å². The van der Waals surface area contributed by atoms with Crippen LogP contribution in [0.3, 0.4) is 0 Å². The third-order valence-corrected chi connectivity index (χ3v) is 11.1. The van der Waals surface area contributed by atoms with Gasteiger partial charge in [0.1, 0.15) is 11.2 Å². The Hall–Kier alpha value is -6.43. The first kappa shape index (κ1) is 27.5. The fraction of sp³-hybridized carbons (Fsp3) is 0. The maximum atomic E-state index is 6.47. The van der Waals surface area contributed by atoms with Crippen molar-refractivity contribution in [3.8, 4) is 34.2 Å². The van der Waals surface area contributed by atoms with E-state index >= 15 is 0 Å². The Morgan fingerprint density at radius 1 is 0.400 bits per heavy atom. The fourth-order valence-corrected chi connectivity index (χ4v) is 8.73. The fourth-order valence-electron chi connectivity index (χ4n) is 7.60. The molecule has 0 aliphatic heterocycles. The third-order valence-electron chi connectivity index (χ3n) is 9.92. The van der Waals surface area contributed by atoms with Crippen molar-refractivity contribution in [2.24, 2.45) is 0 Å². The molecular weight excluding hydrogens is 631 g/mol. The van der Waals surface area contributed by atoms with E-state index in [1.807, 2.05) is 24.3 Å². The predicted molar refractivity (Wildman–Crippen MR) is 209 cm³/mol. The molecule has 0 saturated heterocycles. The molecule has 0 spiro atoms. The maximum Gasteiger partial charge on any atom is 0.167 e. The Morgan fingerprint density at radius 3 is 1.92 bits per heavy atom. The van der Waals surface area contributed by atoms with Crippen LogP contribution in [0.5, 0.6) is 0 Å². The zero-order valence-electron chi connectivity index (χ0n) is 26.6. The van der Waals surface area contributed by atoms with Crippen molar-refractivity contribution in [1.82, 2.24) is 15.0 Å². The van der Waals surface area contributed by atoms with Crippen molar-refractivity contribution in [1.29, 1.82) is 0 Å². The highest BCUT2D eigenvalue weighted by Crippen LogP contribution is 2.41. The van der Waals surface area contributed by atoms with E-state index in [0.717, 1.165) is 49.4 Å². The van der Waals surface area contributed by atoms with Gasteiger partial charge in [0, 0.05) is 42.1 Å². The molecule has 0 aliphatic rings. The first-order chi connectivity index (χ1) is 24.8. The molecule has 232 valence electrons. The molecule has 0 aliphatic carbocycles. The highest BCUT2D eigenvalue weighted by Gasteiger charge is 2.20. The number of fused-ring (bicyclic) bond motifs is 11. The first-order valence-corrected chi connectivity index (χ1v) is 17.5. The van der Waals surface area contributed by atoms with Crippen LogP contribution in [0.25, 0.3) is 109 Å². The van der Waals surface area contributed by atoms with Gasteiger partial charge in [0.15, 0.2) is 17.5 Å². The minimum atomic E-state index is 0.580. The molecule has 0 N–H and O–H groups in total. The van der Waals surface area contributed by atoms with Crippen LogP contribution in [-0.2, 0) is 0 Å². The summed E-state index contributed by atoms with van der Waals surface area (Å²) in [6.07, 6.45) is 0. The van der Waals surface area contributed by atoms with E-state index in [4.69, 9.17) is 19.4 Å². The number of rotatable bonds is 3. The van der Waals surface area contributed by atoms with Crippen molar-refractivity contribution < 1.29 is 4.42 Å². The monoisotopic (exact) mass is 655 g/mol. The summed E-state index contributed by atoms with van der Waals surface area (Å²) in [5, 5.41) is 11.8. The molecule has 4 nitrogen and oxygen atoms in total. The van der Waals surface area contributed by atoms with E-state index in [2.05, 4.69) is 127 Å². The van der Waals surface area contributed by atoms with E-state index in [0.29, 0.717) is 17.5 Å². The molecule has 0 radical (unpaired) electrons. The smallest absolute Gasteiger partial charge is 0.167 e. The van der Waals surface area contributed by atoms with Gasteiger partial charge >= 0.3 is 0 Å². The Balaban J connectivity index is 1.17. The Bertz CT molecular complexity index is 3170. The number of thiophene rings is 1. The lowest BCUT2D eigenvalue weighted by Crippen LogP contribution is -2.00. The second-order valence-electron chi connectivity index (χ2n) is 12.7. The van der Waals surface area contributed by atoms with Crippen LogP contribution in [0.15, 0.2) is 156 Å². The topological polar surface area (TPSA) is 51.8 Å². The molecule has 0 unspecified atom stereocenters. The van der Waals surface area contributed by atoms with Gasteiger partial charge in [0.05, 0.1) is 5.56 Å². The second-order valence-corrected chi connectivity index (χ2v) is 13.8. The maximum absolute atomic E-state index is 6.47. The van der Waals surface area contributed by atoms with Gasteiger partial charge in [-0.3, -0.25) is 0 Å². The summed E-state index contributed by atoms with van der Waals surface area (Å²) >= 11 is 1.79. The lowest BCUT2D eigenvalue weighted by molar-refractivity contribution is 0.669. The average Bonchev–Trinajstić information content (AvgIpc) is 3.76. The van der Waals surface area contributed by atoms with Gasteiger partial charge in [-0.1, -0.05) is 121 Å². The Kier molecular flexibility index (Phi) is 5.80. The van der Waals surface area contributed by atoms with Crippen LogP contribution >= 0.6 is 11.3 Å². The summed E-state index contributed by atoms with van der Waals surface area (Å²) in [5.74, 6) is 1.84. The minimum absolute atomic E-state index is 0.580. The molecule has 0 fully saturated rings. The van der Waals surface area contributed by atoms with Gasteiger partial charge < -0.3 is 4.42 Å². The van der Waals surface area contributed by atoms with Crippen LogP contribution in [0.1, 0.15) is 0 Å². The van der Waals surface area contributed by atoms with Crippen LogP contribution in [0.4, 0.5) is 0 Å². The third kappa shape index (κ3) is 4.08. The first-order valence-electron chi connectivity index (χ1n) is 16.7. The zero-order valence-corrected chi connectivity index (χ0v) is 27.4. The second kappa shape index (κ2) is 10.5. The van der Waals surface area contributed by atoms with Gasteiger partial charge in [-0.25, -0.2) is 15.0 Å². The summed E-state index contributed by atoms with van der Waals surface area (Å²) < 4.78 is 8.92. The quantitative estimate of drug-likeness (QED) is 0.178. The highest BCUT2D eigenvalue weighted by molar-refractivity contribution is 7.25. The van der Waals surface area contributed by atoms with Crippen LogP contribution < -0.4 is 0 Å². The highest BCUT2D eigenvalue weighted by atomic mass is 32.1. The van der Waals surface area contributed by atoms with Gasteiger partial charge in [-0.2, -0.15) is 0 Å². The molecular formula is C45H25N3OS. The SMILES string of the molecule is c1ccc2c(c1)ccc1c3ccc(-c4nc(-c5cccc6c5oc5ccccc56)nc(-c5cccc6sc7ccccc7c56)n4)cc3ccc21. The molecule has 5 heteroatoms. The normalized spacial score (nSPS) is 12.0. The zero-order chi connectivity index (χ0) is 32.8. The van der Waals surface area contributed by atoms with Gasteiger partial charge in [-0.05, 0) is 62.6 Å². The van der Waals surface area contributed by atoms with Crippen molar-refractivity contribution >= 4 is 85.8 Å². The van der Waals surface area contributed by atoms with E-state index < -0.39 is 0 Å². The van der Waals surface area contributed by atoms with E-state index in [9.17, 15) is 0 Å². The Morgan fingerprint density at radius 2 is 1.02 bits per heavy atom. The van der Waals surface area contributed by atoms with Crippen LogP contribution in [-0.4, -0.2) is 15.0 Å². The van der Waals surface area contributed by atoms with Crippen LogP contribution in [0, 0.1) is 0 Å². The minimum Gasteiger partial charge on any atom is -0.455 e. The number of benzene rings is 8. The molecule has 0 atom stereocenters. The number of hydrogen-bond donors (Lipinski definition) is 0. The van der Waals surface area contributed by atoms with Crippen molar-refractivity contribution in [2.45, 2.75) is 0 Å². The lowest BCUT2D eigenvalue weighted by Gasteiger charge is -2.11. The summed E-state index contributed by atoms with van der Waals surface area (Å²) in [7, 11) is 0. The summed E-state index contributed by atoms with van der Waals surface area (Å²) in [4.78, 5) is 15.6. The van der Waals surface area contributed by atoms with Crippen molar-refractivity contribution in [2.75, 3.05) is 0 Å². The number of hydrogen-bond acceptors (Lipinski definition) is 5. The lowest BCUT2D eigenvalue weighted by atomic mass is 9.96. The van der Waals surface area contributed by atoms with E-state index in [-0.39, 0.29) is 0 Å². The molecule has 8 aromatic carbocycles. The molecule has 50 heavy (non-hydrogen) atoms. The molecule has 0 bridgehead atoms. The summed E-state index contributed by atoms with van der Waals surface area (Å²) in [6.45, 7) is 0. The number of nitrogens with zero attached hydrogens (tertiary/aromatic N) is 3. The number of furan rings is 1. The number of aromatic nitrogens is 3. The van der Waals surface area contributed by atoms with Crippen molar-refractivity contribution in [3.05, 3.63) is 152 Å². The predicted octanol–water partition coefficient (Wildman–Crippen LogP) is 12.6. The molecule has 11 aromatic rings. The molecule has 0 saturated carbocycles. The van der Waals surface area contributed by atoms with Gasteiger partial charge in [0.2, 0.25) is 0 Å². The van der Waals surface area contributed by atoms with E-state index in [1.54, 1.807) is 11.3 Å². The van der Waals surface area contributed by atoms with Crippen LogP contribution in [0.2, 0.25) is 0 Å². The van der Waals surface area contributed by atoms with Gasteiger partial charge in [0.25, 0.3) is 0 Å². The largest absolute Gasteiger partial charge is 0.455 e. The number of para-hydroxylation sites is 2. The standard InChI is InChI=1S/C45H25N3OS/c1-2-10-29-26(9-1)19-23-32-30-22-21-28(25-27(30)20-24-31(29)32)43-46-44(36-14-8-18-40-41(36)35-12-4-6-17-39(35)50-40)48-45(47-43)37-15-7-13-34-33-11-3-5-16-38(33)49-42(34)37/h1-25H. The molecule has 3 aromatic heterocycles. The van der Waals surface area contributed by atoms with E-state index in [1.165, 1.54) is 41.7 Å².